The predicted molar refractivity (Wildman–Crippen MR) is 49.1 cm³/mol. The first-order valence-corrected chi connectivity index (χ1v) is 3.88. The highest BCUT2D eigenvalue weighted by Gasteiger charge is 2.19. The first-order valence-electron chi connectivity index (χ1n) is 3.88. The predicted octanol–water partition coefficient (Wildman–Crippen LogP) is -1.65. The summed E-state index contributed by atoms with van der Waals surface area (Å²) in [6, 6.07) is 0. The zero-order valence-electron chi connectivity index (χ0n) is 7.60. The summed E-state index contributed by atoms with van der Waals surface area (Å²) in [5.74, 6) is 0.469. The standard InChI is InChI=1S/C7H12BN3O2/c1-7(2,9)6-10-3-5(4-11-6)8(12)13/h3-4,12-13H,9H2,1-2H3. The molecule has 0 aromatic carbocycles. The summed E-state index contributed by atoms with van der Waals surface area (Å²) in [7, 11) is -1.53. The van der Waals surface area contributed by atoms with Crippen LogP contribution in [0.2, 0.25) is 0 Å². The van der Waals surface area contributed by atoms with Crippen LogP contribution in [-0.4, -0.2) is 27.1 Å². The molecule has 1 heterocycles. The molecule has 0 aliphatic carbocycles. The van der Waals surface area contributed by atoms with Crippen LogP contribution in [0.4, 0.5) is 0 Å². The van der Waals surface area contributed by atoms with Gasteiger partial charge in [0.15, 0.2) is 0 Å². The minimum absolute atomic E-state index is 0.257. The number of rotatable bonds is 2. The van der Waals surface area contributed by atoms with Gasteiger partial charge in [-0.05, 0) is 13.8 Å². The van der Waals surface area contributed by atoms with Crippen LogP contribution in [0.5, 0.6) is 0 Å². The highest BCUT2D eigenvalue weighted by molar-refractivity contribution is 6.58. The topological polar surface area (TPSA) is 92.3 Å². The van der Waals surface area contributed by atoms with Gasteiger partial charge >= 0.3 is 7.12 Å². The highest BCUT2D eigenvalue weighted by atomic mass is 16.4. The van der Waals surface area contributed by atoms with Gasteiger partial charge < -0.3 is 15.8 Å². The van der Waals surface area contributed by atoms with Gasteiger partial charge in [-0.25, -0.2) is 9.97 Å². The van der Waals surface area contributed by atoms with Gasteiger partial charge in [0.05, 0.1) is 5.54 Å². The van der Waals surface area contributed by atoms with Crippen LogP contribution in [0.15, 0.2) is 12.4 Å². The third-order valence-corrected chi connectivity index (χ3v) is 1.55. The molecule has 0 aliphatic heterocycles. The monoisotopic (exact) mass is 181 g/mol. The second kappa shape index (κ2) is 3.41. The minimum atomic E-state index is -1.53. The van der Waals surface area contributed by atoms with Crippen LogP contribution < -0.4 is 11.2 Å². The fourth-order valence-electron chi connectivity index (χ4n) is 0.804. The summed E-state index contributed by atoms with van der Waals surface area (Å²) in [6.45, 7) is 3.55. The van der Waals surface area contributed by atoms with Gasteiger partial charge in [-0.3, -0.25) is 0 Å². The summed E-state index contributed by atoms with van der Waals surface area (Å²) < 4.78 is 0. The van der Waals surface area contributed by atoms with Crippen molar-refractivity contribution in [1.82, 2.24) is 9.97 Å². The molecule has 13 heavy (non-hydrogen) atoms. The van der Waals surface area contributed by atoms with E-state index < -0.39 is 12.7 Å². The molecule has 5 nitrogen and oxygen atoms in total. The van der Waals surface area contributed by atoms with Crippen LogP contribution in [0.25, 0.3) is 0 Å². The van der Waals surface area contributed by atoms with Crippen molar-refractivity contribution < 1.29 is 10.0 Å². The molecule has 1 aromatic rings. The molecule has 0 bridgehead atoms. The maximum atomic E-state index is 8.76. The molecule has 0 atom stereocenters. The van der Waals surface area contributed by atoms with E-state index >= 15 is 0 Å². The number of aromatic nitrogens is 2. The smallest absolute Gasteiger partial charge is 0.423 e. The third kappa shape index (κ3) is 2.48. The lowest BCUT2D eigenvalue weighted by molar-refractivity contribution is 0.425. The molecular weight excluding hydrogens is 169 g/mol. The molecule has 0 spiro atoms. The molecule has 0 saturated carbocycles. The zero-order chi connectivity index (χ0) is 10.1. The Morgan fingerprint density at radius 2 is 1.77 bits per heavy atom. The Bertz CT molecular complexity index is 281. The van der Waals surface area contributed by atoms with E-state index in [-0.39, 0.29) is 5.46 Å². The van der Waals surface area contributed by atoms with E-state index in [0.29, 0.717) is 5.82 Å². The van der Waals surface area contributed by atoms with Gasteiger partial charge in [0.2, 0.25) is 0 Å². The van der Waals surface area contributed by atoms with Crippen molar-refractivity contribution in [3.8, 4) is 0 Å². The maximum absolute atomic E-state index is 8.76. The molecular formula is C7H12BN3O2. The molecule has 0 unspecified atom stereocenters. The maximum Gasteiger partial charge on any atom is 0.491 e. The summed E-state index contributed by atoms with van der Waals surface area (Å²) in [5, 5.41) is 17.5. The highest BCUT2D eigenvalue weighted by Crippen LogP contribution is 2.08. The van der Waals surface area contributed by atoms with E-state index in [4.69, 9.17) is 15.8 Å². The second-order valence-corrected chi connectivity index (χ2v) is 3.44. The third-order valence-electron chi connectivity index (χ3n) is 1.55. The van der Waals surface area contributed by atoms with Gasteiger partial charge in [-0.2, -0.15) is 0 Å². The summed E-state index contributed by atoms with van der Waals surface area (Å²) in [5.41, 5.74) is 5.38. The number of hydrogen-bond acceptors (Lipinski definition) is 5. The number of nitrogens with two attached hydrogens (primary N) is 1. The van der Waals surface area contributed by atoms with E-state index in [1.165, 1.54) is 12.4 Å². The van der Waals surface area contributed by atoms with E-state index in [1.807, 2.05) is 0 Å². The second-order valence-electron chi connectivity index (χ2n) is 3.44. The van der Waals surface area contributed by atoms with Crippen LogP contribution in [0.3, 0.4) is 0 Å². The molecule has 0 fully saturated rings. The van der Waals surface area contributed by atoms with Gasteiger partial charge in [-0.15, -0.1) is 0 Å². The summed E-state index contributed by atoms with van der Waals surface area (Å²) in [6.07, 6.45) is 2.70. The number of nitrogens with zero attached hydrogens (tertiary/aromatic N) is 2. The average molecular weight is 181 g/mol. The Kier molecular flexibility index (Phi) is 2.65. The Hall–Kier alpha value is -0.975. The molecule has 4 N–H and O–H groups in total. The van der Waals surface area contributed by atoms with Crippen LogP contribution >= 0.6 is 0 Å². The summed E-state index contributed by atoms with van der Waals surface area (Å²) in [4.78, 5) is 7.83. The Morgan fingerprint density at radius 1 is 1.31 bits per heavy atom. The van der Waals surface area contributed by atoms with Crippen LogP contribution in [-0.2, 0) is 5.54 Å². The van der Waals surface area contributed by atoms with Crippen molar-refractivity contribution in [1.29, 1.82) is 0 Å². The Labute approximate surface area is 76.8 Å². The first kappa shape index (κ1) is 10.1. The molecule has 1 rings (SSSR count). The van der Waals surface area contributed by atoms with E-state index in [2.05, 4.69) is 9.97 Å². The van der Waals surface area contributed by atoms with Crippen LogP contribution in [0.1, 0.15) is 19.7 Å². The van der Waals surface area contributed by atoms with Gasteiger partial charge in [0, 0.05) is 17.9 Å². The molecule has 0 saturated heterocycles. The van der Waals surface area contributed by atoms with Crippen molar-refractivity contribution in [2.45, 2.75) is 19.4 Å². The zero-order valence-corrected chi connectivity index (χ0v) is 7.60. The molecule has 0 amide bonds. The van der Waals surface area contributed by atoms with Crippen molar-refractivity contribution in [2.75, 3.05) is 0 Å². The lowest BCUT2D eigenvalue weighted by Gasteiger charge is -2.16. The largest absolute Gasteiger partial charge is 0.491 e. The quantitative estimate of drug-likeness (QED) is 0.475. The van der Waals surface area contributed by atoms with Gasteiger partial charge in [0.25, 0.3) is 0 Å². The average Bonchev–Trinajstić information content (AvgIpc) is 2.03. The fraction of sp³-hybridized carbons (Fsp3) is 0.429. The molecule has 0 radical (unpaired) electrons. The Balaban J connectivity index is 2.94. The van der Waals surface area contributed by atoms with E-state index in [0.717, 1.165) is 0 Å². The van der Waals surface area contributed by atoms with Gasteiger partial charge in [-0.1, -0.05) is 0 Å². The lowest BCUT2D eigenvalue weighted by Crippen LogP contribution is -2.35. The molecule has 1 aromatic heterocycles. The SMILES string of the molecule is CC(C)(N)c1ncc(B(O)O)cn1. The lowest BCUT2D eigenvalue weighted by atomic mass is 9.83. The van der Waals surface area contributed by atoms with Crippen molar-refractivity contribution in [3.05, 3.63) is 18.2 Å². The van der Waals surface area contributed by atoms with Crippen LogP contribution in [0, 0.1) is 0 Å². The molecule has 6 heteroatoms. The Morgan fingerprint density at radius 3 is 2.08 bits per heavy atom. The number of hydrogen-bond donors (Lipinski definition) is 3. The van der Waals surface area contributed by atoms with Crippen molar-refractivity contribution in [2.24, 2.45) is 5.73 Å². The van der Waals surface area contributed by atoms with Crippen molar-refractivity contribution >= 4 is 12.6 Å². The minimum Gasteiger partial charge on any atom is -0.423 e. The summed E-state index contributed by atoms with van der Waals surface area (Å²) >= 11 is 0. The van der Waals surface area contributed by atoms with Gasteiger partial charge in [0.1, 0.15) is 5.82 Å². The van der Waals surface area contributed by atoms with Crippen molar-refractivity contribution in [3.63, 3.8) is 0 Å². The molecule has 70 valence electrons. The van der Waals surface area contributed by atoms with E-state index in [9.17, 15) is 0 Å². The molecule has 0 aliphatic rings. The normalized spacial score (nSPS) is 11.5. The fourth-order valence-corrected chi connectivity index (χ4v) is 0.804. The van der Waals surface area contributed by atoms with E-state index in [1.54, 1.807) is 13.8 Å². The first-order chi connectivity index (χ1) is 5.91.